The third-order valence-electron chi connectivity index (χ3n) is 3.60. The van der Waals surface area contributed by atoms with E-state index in [1.165, 1.54) is 0 Å². The summed E-state index contributed by atoms with van der Waals surface area (Å²) < 4.78 is 5.77. The maximum Gasteiger partial charge on any atom is 0.251 e. The van der Waals surface area contributed by atoms with Crippen LogP contribution < -0.4 is 10.1 Å². The van der Waals surface area contributed by atoms with Crippen molar-refractivity contribution in [2.45, 2.75) is 33.7 Å². The molecule has 116 valence electrons. The summed E-state index contributed by atoms with van der Waals surface area (Å²) in [5.41, 5.74) is 3.88. The minimum atomic E-state index is -0.0629. The summed E-state index contributed by atoms with van der Waals surface area (Å²) in [4.78, 5) is 12.3. The molecule has 0 unspecified atom stereocenters. The molecule has 0 saturated heterocycles. The lowest BCUT2D eigenvalue weighted by molar-refractivity contribution is 0.0926. The molecular weight excluding hydrogens is 274 g/mol. The number of amides is 1. The first-order valence-electron chi connectivity index (χ1n) is 7.54. The molecule has 3 heteroatoms. The van der Waals surface area contributed by atoms with Gasteiger partial charge in [-0.1, -0.05) is 35.9 Å². The van der Waals surface area contributed by atoms with Gasteiger partial charge in [0, 0.05) is 5.56 Å². The Hall–Kier alpha value is -2.29. The minimum Gasteiger partial charge on any atom is -0.491 e. The van der Waals surface area contributed by atoms with E-state index in [0.29, 0.717) is 6.61 Å². The first-order valence-corrected chi connectivity index (χ1v) is 7.54. The third kappa shape index (κ3) is 4.10. The molecule has 0 saturated carbocycles. The number of hydrogen-bond acceptors (Lipinski definition) is 2. The van der Waals surface area contributed by atoms with Crippen molar-refractivity contribution in [1.29, 1.82) is 0 Å². The van der Waals surface area contributed by atoms with Crippen molar-refractivity contribution in [2.75, 3.05) is 6.61 Å². The van der Waals surface area contributed by atoms with E-state index in [0.717, 1.165) is 28.0 Å². The summed E-state index contributed by atoms with van der Waals surface area (Å²) in [6, 6.07) is 13.7. The Balaban J connectivity index is 1.94. The number of carbonyl (C=O) groups excluding carboxylic acids is 1. The average molecular weight is 297 g/mol. The van der Waals surface area contributed by atoms with Crippen molar-refractivity contribution in [1.82, 2.24) is 5.32 Å². The number of carbonyl (C=O) groups is 1. The molecule has 1 N–H and O–H groups in total. The molecule has 2 aromatic rings. The van der Waals surface area contributed by atoms with Crippen LogP contribution in [0.1, 0.15) is 34.0 Å². The average Bonchev–Trinajstić information content (AvgIpc) is 2.48. The number of aryl methyl sites for hydroxylation is 3. The molecule has 2 aromatic carbocycles. The van der Waals surface area contributed by atoms with Gasteiger partial charge < -0.3 is 10.1 Å². The molecule has 0 spiro atoms. The van der Waals surface area contributed by atoms with E-state index in [9.17, 15) is 4.79 Å². The third-order valence-corrected chi connectivity index (χ3v) is 3.60. The lowest BCUT2D eigenvalue weighted by Gasteiger charge is -2.17. The van der Waals surface area contributed by atoms with Gasteiger partial charge in [-0.25, -0.2) is 0 Å². The number of ether oxygens (including phenoxy) is 1. The molecule has 0 aromatic heterocycles. The predicted octanol–water partition coefficient (Wildman–Crippen LogP) is 3.81. The number of hydrogen-bond donors (Lipinski definition) is 1. The van der Waals surface area contributed by atoms with Crippen LogP contribution in [-0.4, -0.2) is 18.6 Å². The van der Waals surface area contributed by atoms with Crippen LogP contribution in [0.15, 0.2) is 42.5 Å². The Morgan fingerprint density at radius 1 is 1.09 bits per heavy atom. The molecule has 1 atom stereocenters. The maximum absolute atomic E-state index is 12.3. The second-order valence-corrected chi connectivity index (χ2v) is 5.77. The highest BCUT2D eigenvalue weighted by atomic mass is 16.5. The Labute approximate surface area is 132 Å². The molecule has 3 nitrogen and oxygen atoms in total. The van der Waals surface area contributed by atoms with Crippen LogP contribution in [0.4, 0.5) is 0 Å². The fraction of sp³-hybridized carbons (Fsp3) is 0.316. The van der Waals surface area contributed by atoms with Gasteiger partial charge in [-0.3, -0.25) is 4.79 Å². The molecule has 0 heterocycles. The van der Waals surface area contributed by atoms with Gasteiger partial charge in [-0.15, -0.1) is 0 Å². The van der Waals surface area contributed by atoms with E-state index in [4.69, 9.17) is 4.74 Å². The SMILES string of the molecule is Cc1ccc(C)c(C(=O)N[C@H](C)COc2ccccc2C)c1. The zero-order valence-corrected chi connectivity index (χ0v) is 13.6. The van der Waals surface area contributed by atoms with Crippen LogP contribution in [0.2, 0.25) is 0 Å². The smallest absolute Gasteiger partial charge is 0.251 e. The summed E-state index contributed by atoms with van der Waals surface area (Å²) in [5, 5.41) is 2.99. The zero-order chi connectivity index (χ0) is 16.1. The number of nitrogens with one attached hydrogen (secondary N) is 1. The van der Waals surface area contributed by atoms with E-state index in [1.54, 1.807) is 0 Å². The number of benzene rings is 2. The fourth-order valence-corrected chi connectivity index (χ4v) is 2.26. The molecule has 0 aliphatic carbocycles. The second kappa shape index (κ2) is 7.12. The molecule has 0 radical (unpaired) electrons. The topological polar surface area (TPSA) is 38.3 Å². The Morgan fingerprint density at radius 3 is 2.55 bits per heavy atom. The summed E-state index contributed by atoms with van der Waals surface area (Å²) >= 11 is 0. The van der Waals surface area contributed by atoms with Gasteiger partial charge in [0.2, 0.25) is 0 Å². The van der Waals surface area contributed by atoms with Gasteiger partial charge in [-0.2, -0.15) is 0 Å². The molecule has 1 amide bonds. The zero-order valence-electron chi connectivity index (χ0n) is 13.6. The van der Waals surface area contributed by atoms with Crippen molar-refractivity contribution >= 4 is 5.91 Å². The van der Waals surface area contributed by atoms with E-state index in [1.807, 2.05) is 70.2 Å². The molecule has 0 aliphatic rings. The Kier molecular flexibility index (Phi) is 5.21. The Morgan fingerprint density at radius 2 is 1.82 bits per heavy atom. The van der Waals surface area contributed by atoms with Crippen LogP contribution in [0, 0.1) is 20.8 Å². The molecule has 0 bridgehead atoms. The van der Waals surface area contributed by atoms with Crippen LogP contribution in [0.25, 0.3) is 0 Å². The normalized spacial score (nSPS) is 11.8. The fourth-order valence-electron chi connectivity index (χ4n) is 2.26. The highest BCUT2D eigenvalue weighted by Crippen LogP contribution is 2.16. The lowest BCUT2D eigenvalue weighted by Crippen LogP contribution is -2.37. The first kappa shape index (κ1) is 16.1. The van der Waals surface area contributed by atoms with Gasteiger partial charge >= 0.3 is 0 Å². The van der Waals surface area contributed by atoms with Crippen LogP contribution in [0.5, 0.6) is 5.75 Å². The highest BCUT2D eigenvalue weighted by Gasteiger charge is 2.13. The van der Waals surface area contributed by atoms with Crippen LogP contribution >= 0.6 is 0 Å². The summed E-state index contributed by atoms with van der Waals surface area (Å²) in [6.45, 7) is 8.33. The Bertz CT molecular complexity index is 664. The largest absolute Gasteiger partial charge is 0.491 e. The number of para-hydroxylation sites is 1. The van der Waals surface area contributed by atoms with E-state index >= 15 is 0 Å². The van der Waals surface area contributed by atoms with Crippen LogP contribution in [0.3, 0.4) is 0 Å². The molecule has 2 rings (SSSR count). The summed E-state index contributed by atoms with van der Waals surface area (Å²) in [7, 11) is 0. The molecular formula is C19H23NO2. The highest BCUT2D eigenvalue weighted by molar-refractivity contribution is 5.96. The molecule has 0 fully saturated rings. The van der Waals surface area contributed by atoms with Crippen molar-refractivity contribution in [3.8, 4) is 5.75 Å². The summed E-state index contributed by atoms with van der Waals surface area (Å²) in [6.07, 6.45) is 0. The molecule has 0 aliphatic heterocycles. The lowest BCUT2D eigenvalue weighted by atomic mass is 10.0. The van der Waals surface area contributed by atoms with Gasteiger partial charge in [-0.05, 0) is 51.0 Å². The van der Waals surface area contributed by atoms with Crippen LogP contribution in [-0.2, 0) is 0 Å². The summed E-state index contributed by atoms with van der Waals surface area (Å²) in [5.74, 6) is 0.803. The monoisotopic (exact) mass is 297 g/mol. The van der Waals surface area contributed by atoms with Crippen molar-refractivity contribution in [3.63, 3.8) is 0 Å². The first-order chi connectivity index (χ1) is 10.5. The number of rotatable bonds is 5. The van der Waals surface area contributed by atoms with Crippen molar-refractivity contribution in [2.24, 2.45) is 0 Å². The minimum absolute atomic E-state index is 0.0536. The predicted molar refractivity (Wildman–Crippen MR) is 89.5 cm³/mol. The van der Waals surface area contributed by atoms with E-state index in [-0.39, 0.29) is 11.9 Å². The standard InChI is InChI=1S/C19H23NO2/c1-13-9-10-14(2)17(11-13)19(21)20-16(4)12-22-18-8-6-5-7-15(18)3/h5-11,16H,12H2,1-4H3,(H,20,21)/t16-/m1/s1. The van der Waals surface area contributed by atoms with E-state index < -0.39 is 0 Å². The van der Waals surface area contributed by atoms with Gasteiger partial charge in [0.15, 0.2) is 0 Å². The molecule has 22 heavy (non-hydrogen) atoms. The second-order valence-electron chi connectivity index (χ2n) is 5.77. The van der Waals surface area contributed by atoms with Gasteiger partial charge in [0.05, 0.1) is 6.04 Å². The van der Waals surface area contributed by atoms with Gasteiger partial charge in [0.1, 0.15) is 12.4 Å². The van der Waals surface area contributed by atoms with E-state index in [2.05, 4.69) is 5.32 Å². The van der Waals surface area contributed by atoms with Crippen molar-refractivity contribution in [3.05, 3.63) is 64.7 Å². The maximum atomic E-state index is 12.3. The quantitative estimate of drug-likeness (QED) is 0.911. The van der Waals surface area contributed by atoms with Crippen molar-refractivity contribution < 1.29 is 9.53 Å². The van der Waals surface area contributed by atoms with Gasteiger partial charge in [0.25, 0.3) is 5.91 Å².